The van der Waals surface area contributed by atoms with Gasteiger partial charge in [0.15, 0.2) is 5.76 Å². The van der Waals surface area contributed by atoms with Crippen LogP contribution in [0, 0.1) is 0 Å². The van der Waals surface area contributed by atoms with Crippen LogP contribution in [0.4, 0.5) is 17.1 Å². The van der Waals surface area contributed by atoms with Gasteiger partial charge in [0, 0.05) is 29.4 Å². The molecule has 0 fully saturated rings. The minimum absolute atomic E-state index is 0.160. The van der Waals surface area contributed by atoms with E-state index in [4.69, 9.17) is 16.0 Å². The lowest BCUT2D eigenvalue weighted by molar-refractivity contribution is 0.0993. The quantitative estimate of drug-likeness (QED) is 0.374. The zero-order valence-corrected chi connectivity index (χ0v) is 19.0. The standard InChI is InChI=1S/C27H22ClN3O3/c28-21-9-12-23(24(16-21)30-27(33)25-6-3-15-34-25)29-26(32)19-7-10-22(11-8-19)31-14-13-18-4-1-2-5-20(18)17-31/h1-12,15-16H,13-14,17H2,(H,29,32)(H,30,33). The number of nitrogens with one attached hydrogen (secondary N) is 2. The first-order valence-electron chi connectivity index (χ1n) is 10.9. The summed E-state index contributed by atoms with van der Waals surface area (Å²) in [6, 6.07) is 24.1. The normalized spacial score (nSPS) is 12.7. The molecule has 5 rings (SSSR count). The molecule has 0 atom stereocenters. The summed E-state index contributed by atoms with van der Waals surface area (Å²) in [6.45, 7) is 1.79. The smallest absolute Gasteiger partial charge is 0.291 e. The monoisotopic (exact) mass is 471 g/mol. The second-order valence-corrected chi connectivity index (χ2v) is 8.50. The average Bonchev–Trinajstić information content (AvgIpc) is 3.41. The summed E-state index contributed by atoms with van der Waals surface area (Å²) >= 11 is 6.11. The Morgan fingerprint density at radius 3 is 2.35 bits per heavy atom. The van der Waals surface area contributed by atoms with Crippen LogP contribution in [0.15, 0.2) is 89.5 Å². The number of furan rings is 1. The Morgan fingerprint density at radius 2 is 1.59 bits per heavy atom. The van der Waals surface area contributed by atoms with Crippen molar-refractivity contribution in [3.05, 3.63) is 113 Å². The van der Waals surface area contributed by atoms with Gasteiger partial charge in [-0.1, -0.05) is 35.9 Å². The predicted molar refractivity (Wildman–Crippen MR) is 134 cm³/mol. The maximum atomic E-state index is 12.9. The lowest BCUT2D eigenvalue weighted by Crippen LogP contribution is -2.30. The van der Waals surface area contributed by atoms with Gasteiger partial charge in [0.2, 0.25) is 0 Å². The predicted octanol–water partition coefficient (Wildman–Crippen LogP) is 6.00. The summed E-state index contributed by atoms with van der Waals surface area (Å²) < 4.78 is 5.13. The number of benzene rings is 3. The fourth-order valence-electron chi connectivity index (χ4n) is 4.05. The van der Waals surface area contributed by atoms with E-state index in [2.05, 4.69) is 39.8 Å². The van der Waals surface area contributed by atoms with E-state index in [1.807, 2.05) is 24.3 Å². The number of amides is 2. The molecule has 0 saturated carbocycles. The third kappa shape index (κ3) is 4.67. The van der Waals surface area contributed by atoms with Crippen molar-refractivity contribution in [2.24, 2.45) is 0 Å². The molecule has 1 aromatic heterocycles. The number of fused-ring (bicyclic) bond motifs is 1. The van der Waals surface area contributed by atoms with Crippen LogP contribution < -0.4 is 15.5 Å². The molecule has 1 aliphatic rings. The third-order valence-electron chi connectivity index (χ3n) is 5.85. The molecule has 0 unspecified atom stereocenters. The molecule has 170 valence electrons. The van der Waals surface area contributed by atoms with E-state index in [1.165, 1.54) is 17.4 Å². The Balaban J connectivity index is 1.29. The van der Waals surface area contributed by atoms with Gasteiger partial charge in [0.1, 0.15) is 0 Å². The van der Waals surface area contributed by atoms with Gasteiger partial charge >= 0.3 is 0 Å². The van der Waals surface area contributed by atoms with Crippen molar-refractivity contribution in [3.63, 3.8) is 0 Å². The molecule has 2 heterocycles. The van der Waals surface area contributed by atoms with Crippen molar-refractivity contribution in [1.82, 2.24) is 0 Å². The van der Waals surface area contributed by atoms with Gasteiger partial charge in [-0.25, -0.2) is 0 Å². The van der Waals surface area contributed by atoms with E-state index in [0.29, 0.717) is 22.0 Å². The SMILES string of the molecule is O=C(Nc1ccc(Cl)cc1NC(=O)c1ccco1)c1ccc(N2CCc3ccccc3C2)cc1. The number of rotatable bonds is 5. The number of hydrogen-bond acceptors (Lipinski definition) is 4. The fraction of sp³-hybridized carbons (Fsp3) is 0.111. The van der Waals surface area contributed by atoms with Crippen LogP contribution in [-0.4, -0.2) is 18.4 Å². The van der Waals surface area contributed by atoms with E-state index in [-0.39, 0.29) is 11.7 Å². The van der Waals surface area contributed by atoms with Gasteiger partial charge in [0.25, 0.3) is 11.8 Å². The first-order chi connectivity index (χ1) is 16.6. The van der Waals surface area contributed by atoms with E-state index in [1.54, 1.807) is 30.3 Å². The highest BCUT2D eigenvalue weighted by molar-refractivity contribution is 6.31. The Labute approximate surface area is 202 Å². The molecular weight excluding hydrogens is 450 g/mol. The van der Waals surface area contributed by atoms with Gasteiger partial charge < -0.3 is 20.0 Å². The Morgan fingerprint density at radius 1 is 0.824 bits per heavy atom. The maximum Gasteiger partial charge on any atom is 0.291 e. The zero-order valence-electron chi connectivity index (χ0n) is 18.3. The molecule has 2 N–H and O–H groups in total. The number of hydrogen-bond donors (Lipinski definition) is 2. The number of halogens is 1. The average molecular weight is 472 g/mol. The highest BCUT2D eigenvalue weighted by Crippen LogP contribution is 2.28. The second kappa shape index (κ2) is 9.45. The summed E-state index contributed by atoms with van der Waals surface area (Å²) in [4.78, 5) is 27.6. The van der Waals surface area contributed by atoms with Crippen LogP contribution in [0.1, 0.15) is 32.0 Å². The second-order valence-electron chi connectivity index (χ2n) is 8.06. The maximum absolute atomic E-state index is 12.9. The number of nitrogens with zero attached hydrogens (tertiary/aromatic N) is 1. The number of carbonyl (C=O) groups excluding carboxylic acids is 2. The summed E-state index contributed by atoms with van der Waals surface area (Å²) in [6.07, 6.45) is 2.42. The van der Waals surface area contributed by atoms with Crippen molar-refractivity contribution in [1.29, 1.82) is 0 Å². The van der Waals surface area contributed by atoms with Gasteiger partial charge in [-0.2, -0.15) is 0 Å². The van der Waals surface area contributed by atoms with Crippen molar-refractivity contribution in [3.8, 4) is 0 Å². The molecule has 0 radical (unpaired) electrons. The van der Waals surface area contributed by atoms with Crippen LogP contribution in [0.3, 0.4) is 0 Å². The van der Waals surface area contributed by atoms with E-state index in [0.717, 1.165) is 25.2 Å². The summed E-state index contributed by atoms with van der Waals surface area (Å²) in [5, 5.41) is 6.02. The molecule has 3 aromatic carbocycles. The molecule has 0 spiro atoms. The minimum Gasteiger partial charge on any atom is -0.459 e. The molecule has 4 aromatic rings. The molecule has 7 heteroatoms. The fourth-order valence-corrected chi connectivity index (χ4v) is 4.23. The molecular formula is C27H22ClN3O3. The summed E-state index contributed by atoms with van der Waals surface area (Å²) in [5.74, 6) is -0.560. The van der Waals surface area contributed by atoms with Crippen molar-refractivity contribution < 1.29 is 14.0 Å². The van der Waals surface area contributed by atoms with Crippen molar-refractivity contribution >= 4 is 40.5 Å². The van der Waals surface area contributed by atoms with E-state index < -0.39 is 5.91 Å². The van der Waals surface area contributed by atoms with E-state index in [9.17, 15) is 9.59 Å². The number of carbonyl (C=O) groups is 2. The largest absolute Gasteiger partial charge is 0.459 e. The van der Waals surface area contributed by atoms with Crippen LogP contribution in [-0.2, 0) is 13.0 Å². The summed E-state index contributed by atoms with van der Waals surface area (Å²) in [7, 11) is 0. The first kappa shape index (κ1) is 21.8. The molecule has 0 bridgehead atoms. The lowest BCUT2D eigenvalue weighted by atomic mass is 9.99. The van der Waals surface area contributed by atoms with Gasteiger partial charge in [-0.05, 0) is 72.1 Å². The molecule has 1 aliphatic heterocycles. The molecule has 2 amide bonds. The van der Waals surface area contributed by atoms with E-state index >= 15 is 0 Å². The Kier molecular flexibility index (Phi) is 6.06. The molecule has 0 aliphatic carbocycles. The van der Waals surface area contributed by atoms with Crippen LogP contribution in [0.2, 0.25) is 5.02 Å². The van der Waals surface area contributed by atoms with Crippen molar-refractivity contribution in [2.45, 2.75) is 13.0 Å². The van der Waals surface area contributed by atoms with Gasteiger partial charge in [0.05, 0.1) is 17.6 Å². The van der Waals surface area contributed by atoms with Gasteiger partial charge in [-0.15, -0.1) is 0 Å². The lowest BCUT2D eigenvalue weighted by Gasteiger charge is -2.30. The highest BCUT2D eigenvalue weighted by Gasteiger charge is 2.18. The molecule has 0 saturated heterocycles. The van der Waals surface area contributed by atoms with Gasteiger partial charge in [-0.3, -0.25) is 9.59 Å². The molecule has 34 heavy (non-hydrogen) atoms. The Bertz CT molecular complexity index is 1330. The molecule has 6 nitrogen and oxygen atoms in total. The van der Waals surface area contributed by atoms with Crippen molar-refractivity contribution in [2.75, 3.05) is 22.1 Å². The number of anilines is 3. The Hall–Kier alpha value is -4.03. The third-order valence-corrected chi connectivity index (χ3v) is 6.08. The van der Waals surface area contributed by atoms with Crippen LogP contribution >= 0.6 is 11.6 Å². The minimum atomic E-state index is -0.435. The van der Waals surface area contributed by atoms with Crippen LogP contribution in [0.25, 0.3) is 0 Å². The zero-order chi connectivity index (χ0) is 23.5. The highest BCUT2D eigenvalue weighted by atomic mass is 35.5. The van der Waals surface area contributed by atoms with Crippen LogP contribution in [0.5, 0.6) is 0 Å². The summed E-state index contributed by atoms with van der Waals surface area (Å²) in [5.41, 5.74) is 5.13. The topological polar surface area (TPSA) is 74.6 Å². The first-order valence-corrected chi connectivity index (χ1v) is 11.3.